The van der Waals surface area contributed by atoms with Gasteiger partial charge in [-0.15, -0.1) is 0 Å². The quantitative estimate of drug-likeness (QED) is 0.678. The van der Waals surface area contributed by atoms with E-state index in [0.717, 1.165) is 0 Å². The molecule has 68 valence electrons. The Morgan fingerprint density at radius 2 is 1.92 bits per heavy atom. The number of fused-ring (bicyclic) bond motifs is 1. The van der Waals surface area contributed by atoms with Gasteiger partial charge in [0.05, 0.1) is 0 Å². The van der Waals surface area contributed by atoms with E-state index in [1.807, 2.05) is 0 Å². The Labute approximate surface area is 78.8 Å². The lowest BCUT2D eigenvalue weighted by molar-refractivity contribution is 0.836. The molecule has 1 heterocycles. The minimum atomic E-state index is 0.577. The molecule has 0 radical (unpaired) electrons. The lowest BCUT2D eigenvalue weighted by Gasteiger charge is -1.97. The summed E-state index contributed by atoms with van der Waals surface area (Å²) in [5.41, 5.74) is 3.88. The zero-order valence-corrected chi connectivity index (χ0v) is 8.39. The number of H-pyrrole nitrogens is 1. The van der Waals surface area contributed by atoms with Crippen LogP contribution < -0.4 is 0 Å². The van der Waals surface area contributed by atoms with Crippen LogP contribution in [0.15, 0.2) is 24.3 Å². The molecule has 0 saturated heterocycles. The van der Waals surface area contributed by atoms with Crippen molar-refractivity contribution in [3.05, 3.63) is 35.5 Å². The van der Waals surface area contributed by atoms with E-state index in [0.29, 0.717) is 5.92 Å². The topological polar surface area (TPSA) is 15.8 Å². The van der Waals surface area contributed by atoms with Crippen molar-refractivity contribution in [3.8, 4) is 0 Å². The smallest absolute Gasteiger partial charge is 0.0458 e. The average Bonchev–Trinajstić information content (AvgIpc) is 2.46. The third-order valence-electron chi connectivity index (χ3n) is 2.42. The number of rotatable bonds is 1. The molecule has 2 aromatic rings. The van der Waals surface area contributed by atoms with E-state index in [-0.39, 0.29) is 0 Å². The van der Waals surface area contributed by atoms with Crippen molar-refractivity contribution >= 4 is 10.9 Å². The van der Waals surface area contributed by atoms with Gasteiger partial charge >= 0.3 is 0 Å². The van der Waals surface area contributed by atoms with E-state index >= 15 is 0 Å². The predicted molar refractivity (Wildman–Crippen MR) is 57.1 cm³/mol. The van der Waals surface area contributed by atoms with Crippen LogP contribution >= 0.6 is 0 Å². The minimum absolute atomic E-state index is 0.577. The lowest BCUT2D eigenvalue weighted by Crippen LogP contribution is -1.84. The van der Waals surface area contributed by atoms with Crippen molar-refractivity contribution in [2.75, 3.05) is 0 Å². The molecule has 0 aliphatic heterocycles. The SMILES string of the molecule is Cc1ccc2cc(C(C)C)[nH]c2c1. The Bertz CT molecular complexity index is 424. The van der Waals surface area contributed by atoms with Crippen LogP contribution in [0.2, 0.25) is 0 Å². The number of aromatic nitrogens is 1. The van der Waals surface area contributed by atoms with Gasteiger partial charge in [0.2, 0.25) is 0 Å². The molecule has 0 atom stereocenters. The van der Waals surface area contributed by atoms with Crippen LogP contribution in [0.25, 0.3) is 10.9 Å². The highest BCUT2D eigenvalue weighted by atomic mass is 14.7. The van der Waals surface area contributed by atoms with Gasteiger partial charge in [0.1, 0.15) is 0 Å². The van der Waals surface area contributed by atoms with Crippen LogP contribution in [0.3, 0.4) is 0 Å². The first-order valence-electron chi connectivity index (χ1n) is 4.76. The van der Waals surface area contributed by atoms with E-state index in [1.165, 1.54) is 22.2 Å². The maximum absolute atomic E-state index is 3.44. The number of benzene rings is 1. The van der Waals surface area contributed by atoms with Crippen LogP contribution in [0.4, 0.5) is 0 Å². The molecule has 0 spiro atoms. The molecule has 1 heteroatoms. The van der Waals surface area contributed by atoms with Gasteiger partial charge < -0.3 is 4.98 Å². The fraction of sp³-hybridized carbons (Fsp3) is 0.333. The largest absolute Gasteiger partial charge is 0.358 e. The highest BCUT2D eigenvalue weighted by molar-refractivity contribution is 5.81. The summed E-state index contributed by atoms with van der Waals surface area (Å²) in [5.74, 6) is 0.577. The second-order valence-corrected chi connectivity index (χ2v) is 3.97. The van der Waals surface area contributed by atoms with Gasteiger partial charge in [-0.05, 0) is 35.9 Å². The molecule has 0 amide bonds. The Morgan fingerprint density at radius 3 is 2.62 bits per heavy atom. The van der Waals surface area contributed by atoms with Crippen LogP contribution in [0, 0.1) is 6.92 Å². The molecule has 0 aliphatic rings. The molecule has 2 rings (SSSR count). The van der Waals surface area contributed by atoms with Crippen LogP contribution in [-0.4, -0.2) is 4.98 Å². The van der Waals surface area contributed by atoms with Gasteiger partial charge in [-0.25, -0.2) is 0 Å². The van der Waals surface area contributed by atoms with Crippen LogP contribution in [0.1, 0.15) is 31.0 Å². The van der Waals surface area contributed by atoms with Crippen molar-refractivity contribution in [2.45, 2.75) is 26.7 Å². The Morgan fingerprint density at radius 1 is 1.15 bits per heavy atom. The van der Waals surface area contributed by atoms with Crippen molar-refractivity contribution in [3.63, 3.8) is 0 Å². The zero-order chi connectivity index (χ0) is 9.42. The van der Waals surface area contributed by atoms with Crippen LogP contribution in [-0.2, 0) is 0 Å². The van der Waals surface area contributed by atoms with Gasteiger partial charge in [-0.3, -0.25) is 0 Å². The first kappa shape index (κ1) is 8.36. The molecule has 1 aromatic heterocycles. The predicted octanol–water partition coefficient (Wildman–Crippen LogP) is 3.60. The highest BCUT2D eigenvalue weighted by Crippen LogP contribution is 2.21. The molecule has 13 heavy (non-hydrogen) atoms. The molecule has 0 fully saturated rings. The average molecular weight is 173 g/mol. The number of hydrogen-bond acceptors (Lipinski definition) is 0. The second kappa shape index (κ2) is 2.91. The van der Waals surface area contributed by atoms with Crippen LogP contribution in [0.5, 0.6) is 0 Å². The van der Waals surface area contributed by atoms with Gasteiger partial charge in [-0.2, -0.15) is 0 Å². The first-order valence-corrected chi connectivity index (χ1v) is 4.76. The molecule has 1 nitrogen and oxygen atoms in total. The number of aryl methyl sites for hydroxylation is 1. The molecule has 0 aliphatic carbocycles. The monoisotopic (exact) mass is 173 g/mol. The Hall–Kier alpha value is -1.24. The van der Waals surface area contributed by atoms with Gasteiger partial charge in [0, 0.05) is 11.2 Å². The minimum Gasteiger partial charge on any atom is -0.358 e. The van der Waals surface area contributed by atoms with Crippen molar-refractivity contribution in [1.82, 2.24) is 4.98 Å². The summed E-state index contributed by atoms with van der Waals surface area (Å²) >= 11 is 0. The number of aromatic amines is 1. The van der Waals surface area contributed by atoms with E-state index in [1.54, 1.807) is 0 Å². The summed E-state index contributed by atoms with van der Waals surface area (Å²) in [5, 5.41) is 1.31. The lowest BCUT2D eigenvalue weighted by atomic mass is 10.1. The fourth-order valence-corrected chi connectivity index (χ4v) is 1.57. The molecule has 0 bridgehead atoms. The van der Waals surface area contributed by atoms with E-state index in [9.17, 15) is 0 Å². The number of hydrogen-bond donors (Lipinski definition) is 1. The third-order valence-corrected chi connectivity index (χ3v) is 2.42. The van der Waals surface area contributed by atoms with Gasteiger partial charge in [0.15, 0.2) is 0 Å². The van der Waals surface area contributed by atoms with Crippen molar-refractivity contribution in [1.29, 1.82) is 0 Å². The van der Waals surface area contributed by atoms with E-state index < -0.39 is 0 Å². The Kier molecular flexibility index (Phi) is 1.87. The zero-order valence-electron chi connectivity index (χ0n) is 8.39. The van der Waals surface area contributed by atoms with Crippen molar-refractivity contribution in [2.24, 2.45) is 0 Å². The van der Waals surface area contributed by atoms with Gasteiger partial charge in [0.25, 0.3) is 0 Å². The van der Waals surface area contributed by atoms with Gasteiger partial charge in [-0.1, -0.05) is 26.0 Å². The molecular weight excluding hydrogens is 158 g/mol. The summed E-state index contributed by atoms with van der Waals surface area (Å²) in [4.78, 5) is 3.44. The Balaban J connectivity index is 2.62. The normalized spacial score (nSPS) is 11.4. The molecule has 0 unspecified atom stereocenters. The summed E-state index contributed by atoms with van der Waals surface area (Å²) in [6.45, 7) is 6.53. The molecule has 1 N–H and O–H groups in total. The highest BCUT2D eigenvalue weighted by Gasteiger charge is 2.03. The second-order valence-electron chi connectivity index (χ2n) is 3.97. The fourth-order valence-electron chi connectivity index (χ4n) is 1.57. The summed E-state index contributed by atoms with van der Waals surface area (Å²) in [6, 6.07) is 8.76. The summed E-state index contributed by atoms with van der Waals surface area (Å²) < 4.78 is 0. The first-order chi connectivity index (χ1) is 6.16. The standard InChI is InChI=1S/C12H15N/c1-8(2)11-7-10-5-4-9(3)6-12(10)13-11/h4-8,13H,1-3H3. The third kappa shape index (κ3) is 1.46. The van der Waals surface area contributed by atoms with Crippen molar-refractivity contribution < 1.29 is 0 Å². The molecular formula is C12H15N. The van der Waals surface area contributed by atoms with E-state index in [4.69, 9.17) is 0 Å². The molecule has 1 aromatic carbocycles. The maximum Gasteiger partial charge on any atom is 0.0458 e. The molecule has 0 saturated carbocycles. The van der Waals surface area contributed by atoms with E-state index in [2.05, 4.69) is 50.0 Å². The number of nitrogens with one attached hydrogen (secondary N) is 1. The maximum atomic E-state index is 3.44. The summed E-state index contributed by atoms with van der Waals surface area (Å²) in [7, 11) is 0. The summed E-state index contributed by atoms with van der Waals surface area (Å²) in [6.07, 6.45) is 0.